The van der Waals surface area contributed by atoms with E-state index in [-0.39, 0.29) is 37.5 Å². The van der Waals surface area contributed by atoms with Crippen LogP contribution in [0.4, 0.5) is 0 Å². The number of allylic oxidation sites excluding steroid dienone is 2. The van der Waals surface area contributed by atoms with Crippen molar-refractivity contribution >= 4 is 14.6 Å². The fourth-order valence-electron chi connectivity index (χ4n) is 6.65. The van der Waals surface area contributed by atoms with E-state index in [9.17, 15) is 9.13 Å². The van der Waals surface area contributed by atoms with Crippen molar-refractivity contribution in [3.8, 4) is 0 Å². The van der Waals surface area contributed by atoms with Gasteiger partial charge in [0.05, 0.1) is 22.6 Å². The highest BCUT2D eigenvalue weighted by atomic mass is 31.2. The first-order chi connectivity index (χ1) is 20.3. The Kier molecular flexibility index (Phi) is 12.4. The highest BCUT2D eigenvalue weighted by molar-refractivity contribution is 7.63. The highest BCUT2D eigenvalue weighted by Crippen LogP contribution is 2.77. The van der Waals surface area contributed by atoms with Crippen LogP contribution in [0, 0.1) is 0 Å². The van der Waals surface area contributed by atoms with E-state index in [1.165, 1.54) is 11.1 Å². The van der Waals surface area contributed by atoms with Gasteiger partial charge in [0.15, 0.2) is 14.6 Å². The van der Waals surface area contributed by atoms with E-state index in [0.717, 1.165) is 24.0 Å². The minimum absolute atomic E-state index is 0. The molecule has 0 bridgehead atoms. The van der Waals surface area contributed by atoms with E-state index in [0.29, 0.717) is 0 Å². The molecule has 0 N–H and O–H groups in total. The first kappa shape index (κ1) is 35.5. The van der Waals surface area contributed by atoms with Crippen molar-refractivity contribution in [1.29, 1.82) is 0 Å². The molecule has 0 aromatic heterocycles. The minimum atomic E-state index is -2.58. The maximum Gasteiger partial charge on any atom is 0.171 e. The summed E-state index contributed by atoms with van der Waals surface area (Å²) in [5.74, 6) is 0. The summed E-state index contributed by atoms with van der Waals surface area (Å²) in [4.78, 5) is 0. The fraction of sp³-hybridized carbons (Fsp3) is 0.316. The Labute approximate surface area is 266 Å². The Bertz CT molecular complexity index is 1440. The van der Waals surface area contributed by atoms with E-state index < -0.39 is 14.6 Å². The lowest BCUT2D eigenvalue weighted by atomic mass is 10.0. The molecule has 4 aromatic rings. The molecule has 2 aliphatic rings. The molecule has 0 saturated carbocycles. The Hall–Kier alpha value is -3.00. The molecule has 1 fully saturated rings. The van der Waals surface area contributed by atoms with Gasteiger partial charge in [-0.3, -0.25) is 9.34 Å². The Morgan fingerprint density at radius 3 is 1.00 bits per heavy atom. The molecular formula is C38H50N2O2P2. The van der Waals surface area contributed by atoms with Crippen molar-refractivity contribution in [2.75, 3.05) is 28.2 Å². The number of rotatable bonds is 6. The van der Waals surface area contributed by atoms with Crippen LogP contribution in [0.1, 0.15) is 72.6 Å². The second-order valence-electron chi connectivity index (χ2n) is 11.6. The van der Waals surface area contributed by atoms with E-state index >= 15 is 0 Å². The van der Waals surface area contributed by atoms with Gasteiger partial charge in [-0.1, -0.05) is 148 Å². The van der Waals surface area contributed by atoms with Gasteiger partial charge in [-0.05, 0) is 63.3 Å². The van der Waals surface area contributed by atoms with Crippen molar-refractivity contribution in [3.05, 3.63) is 156 Å². The number of hydrogen-bond acceptors (Lipinski definition) is 2. The third-order valence-corrected chi connectivity index (χ3v) is 16.7. The Balaban J connectivity index is 0.000000230. The van der Waals surface area contributed by atoms with Crippen LogP contribution in [0.25, 0.3) is 0 Å². The summed E-state index contributed by atoms with van der Waals surface area (Å²) in [6.07, 6.45) is 6.24. The number of hydrogen-bond donors (Lipinski definition) is 0. The molecule has 6 heteroatoms. The first-order valence-corrected chi connectivity index (χ1v) is 18.3. The molecule has 0 radical (unpaired) electrons. The van der Waals surface area contributed by atoms with Crippen molar-refractivity contribution in [1.82, 2.24) is 9.34 Å². The fourth-order valence-corrected chi connectivity index (χ4v) is 13.7. The average Bonchev–Trinajstić information content (AvgIpc) is 3.58. The molecule has 2 unspecified atom stereocenters. The summed E-state index contributed by atoms with van der Waals surface area (Å²) in [5.41, 5.74) is 4.94. The van der Waals surface area contributed by atoms with E-state index in [4.69, 9.17) is 0 Å². The quantitative estimate of drug-likeness (QED) is 0.157. The first-order valence-electron chi connectivity index (χ1n) is 14.7. The van der Waals surface area contributed by atoms with Crippen molar-refractivity contribution in [2.45, 2.75) is 50.3 Å². The second-order valence-corrected chi connectivity index (χ2v) is 18.2. The van der Waals surface area contributed by atoms with Crippen LogP contribution >= 0.6 is 14.6 Å². The van der Waals surface area contributed by atoms with Crippen molar-refractivity contribution in [2.24, 2.45) is 0 Å². The topological polar surface area (TPSA) is 40.6 Å². The molecule has 234 valence electrons. The normalized spacial score (nSPS) is 27.2. The van der Waals surface area contributed by atoms with Gasteiger partial charge in [0, 0.05) is 0 Å². The lowest BCUT2D eigenvalue weighted by molar-refractivity contribution is 0.502. The molecule has 4 aromatic carbocycles. The number of nitrogens with zero attached hydrogens (tertiary/aromatic N) is 2. The van der Waals surface area contributed by atoms with E-state index in [1.54, 1.807) is 0 Å². The summed E-state index contributed by atoms with van der Waals surface area (Å²) in [6, 6.07) is 41.0. The predicted octanol–water partition coefficient (Wildman–Crippen LogP) is 11.3. The second kappa shape index (κ2) is 15.3. The van der Waals surface area contributed by atoms with Crippen molar-refractivity contribution < 1.29 is 9.13 Å². The molecule has 6 atom stereocenters. The summed E-state index contributed by atoms with van der Waals surface area (Å²) in [7, 11) is 2.74. The van der Waals surface area contributed by atoms with Gasteiger partial charge in [-0.25, -0.2) is 0 Å². The molecule has 6 rings (SSSR count). The molecule has 1 saturated heterocycles. The third-order valence-electron chi connectivity index (χ3n) is 8.78. The maximum atomic E-state index is 13.9. The monoisotopic (exact) mass is 628 g/mol. The molecule has 2 aliphatic heterocycles. The molecule has 4 nitrogen and oxygen atoms in total. The third kappa shape index (κ3) is 6.80. The zero-order chi connectivity index (χ0) is 29.7. The molecule has 2 heterocycles. The molecule has 0 spiro atoms. The molecule has 0 aliphatic carbocycles. The van der Waals surface area contributed by atoms with Gasteiger partial charge >= 0.3 is 0 Å². The predicted molar refractivity (Wildman–Crippen MR) is 191 cm³/mol. The number of benzene rings is 4. The van der Waals surface area contributed by atoms with Crippen LogP contribution in [0.15, 0.2) is 133 Å². The van der Waals surface area contributed by atoms with Gasteiger partial charge in [0.25, 0.3) is 0 Å². The SMILES string of the molecule is C.C.CN(C)P1(=O)[C@@H](c2ccccc2)C=C[C@H]1c1ccccc1.CN(C)P1(=O)[C@@H](c2ccccc2)CC[C@H]1c1ccccc1. The Morgan fingerprint density at radius 1 is 0.455 bits per heavy atom. The van der Waals surface area contributed by atoms with Crippen LogP contribution in [0.5, 0.6) is 0 Å². The standard InChI is InChI=1S/C18H22NOP.C18H20NOP.2CH4/c2*1-19(2)21(20)17(15-9-5-3-6-10-15)13-14-18(21)16-11-7-4-8-12-16;;/h3-12,17-18H,13-14H2,1-2H3;3-14,17-18H,1-2H3;2*1H4/t2*17-,18+,21?;;. The van der Waals surface area contributed by atoms with Gasteiger partial charge in [-0.2, -0.15) is 0 Å². The zero-order valence-electron chi connectivity index (χ0n) is 25.0. The largest absolute Gasteiger partial charge is 0.305 e. The van der Waals surface area contributed by atoms with Gasteiger partial charge in [0.1, 0.15) is 0 Å². The van der Waals surface area contributed by atoms with Crippen LogP contribution in [0.3, 0.4) is 0 Å². The molecule has 44 heavy (non-hydrogen) atoms. The summed E-state index contributed by atoms with van der Waals surface area (Å²) >= 11 is 0. The summed E-state index contributed by atoms with van der Waals surface area (Å²) in [6.45, 7) is 0. The summed E-state index contributed by atoms with van der Waals surface area (Å²) < 4.78 is 31.7. The minimum Gasteiger partial charge on any atom is -0.305 e. The van der Waals surface area contributed by atoms with E-state index in [2.05, 4.69) is 60.7 Å². The molecule has 0 amide bonds. The van der Waals surface area contributed by atoms with Gasteiger partial charge in [-0.15, -0.1) is 0 Å². The average molecular weight is 629 g/mol. The van der Waals surface area contributed by atoms with E-state index in [1.807, 2.05) is 110 Å². The lowest BCUT2D eigenvalue weighted by Crippen LogP contribution is -2.15. The van der Waals surface area contributed by atoms with Crippen molar-refractivity contribution in [3.63, 3.8) is 0 Å². The summed E-state index contributed by atoms with van der Waals surface area (Å²) in [5, 5.41) is 0. The Morgan fingerprint density at radius 2 is 0.727 bits per heavy atom. The van der Waals surface area contributed by atoms with Crippen LogP contribution < -0.4 is 0 Å². The lowest BCUT2D eigenvalue weighted by Gasteiger charge is -2.32. The van der Waals surface area contributed by atoms with Crippen LogP contribution in [-0.4, -0.2) is 37.5 Å². The molecular weight excluding hydrogens is 578 g/mol. The highest BCUT2D eigenvalue weighted by Gasteiger charge is 2.49. The maximum absolute atomic E-state index is 13.9. The van der Waals surface area contributed by atoms with Crippen LogP contribution in [-0.2, 0) is 9.13 Å². The zero-order valence-corrected chi connectivity index (χ0v) is 26.8. The smallest absolute Gasteiger partial charge is 0.171 e. The van der Waals surface area contributed by atoms with Gasteiger partial charge in [0.2, 0.25) is 0 Å². The van der Waals surface area contributed by atoms with Gasteiger partial charge < -0.3 is 9.13 Å². The van der Waals surface area contributed by atoms with Crippen LogP contribution in [0.2, 0.25) is 0 Å².